The van der Waals surface area contributed by atoms with Crippen molar-refractivity contribution in [2.75, 3.05) is 6.54 Å². The molecule has 1 aromatic rings. The van der Waals surface area contributed by atoms with Gasteiger partial charge in [-0.3, -0.25) is 5.32 Å². The molecule has 58 valence electrons. The number of nitrogens with zero attached hydrogens (tertiary/aromatic N) is 1. The number of hydrogen-bond donors (Lipinski definition) is 2. The zero-order valence-corrected chi connectivity index (χ0v) is 6.46. The van der Waals surface area contributed by atoms with Crippen LogP contribution in [0.3, 0.4) is 0 Å². The quantitative estimate of drug-likeness (QED) is 0.678. The molecule has 0 bridgehead atoms. The van der Waals surface area contributed by atoms with Crippen molar-refractivity contribution in [3.63, 3.8) is 0 Å². The number of nitrogens with one attached hydrogen (secondary N) is 2. The third kappa shape index (κ3) is 1.82. The highest BCUT2D eigenvalue weighted by atomic mass is 14.9. The fourth-order valence-corrected chi connectivity index (χ4v) is 0.953. The molecule has 1 aromatic heterocycles. The van der Waals surface area contributed by atoms with Gasteiger partial charge in [0.1, 0.15) is 6.04 Å². The van der Waals surface area contributed by atoms with Crippen LogP contribution in [0, 0.1) is 11.3 Å². The molecule has 0 radical (unpaired) electrons. The summed E-state index contributed by atoms with van der Waals surface area (Å²) in [6.45, 7) is 2.78. The van der Waals surface area contributed by atoms with Crippen molar-refractivity contribution in [1.82, 2.24) is 10.3 Å². The van der Waals surface area contributed by atoms with Crippen LogP contribution in [0.1, 0.15) is 18.7 Å². The van der Waals surface area contributed by atoms with Gasteiger partial charge in [0.15, 0.2) is 0 Å². The fraction of sp³-hybridized carbons (Fsp3) is 0.375. The molecule has 0 amide bonds. The summed E-state index contributed by atoms with van der Waals surface area (Å²) in [5.74, 6) is 0. The average Bonchev–Trinajstić information content (AvgIpc) is 2.52. The summed E-state index contributed by atoms with van der Waals surface area (Å²) < 4.78 is 0. The van der Waals surface area contributed by atoms with Crippen LogP contribution in [0.15, 0.2) is 18.3 Å². The van der Waals surface area contributed by atoms with Crippen LogP contribution < -0.4 is 5.32 Å². The zero-order valence-electron chi connectivity index (χ0n) is 6.46. The van der Waals surface area contributed by atoms with E-state index in [1.165, 1.54) is 0 Å². The lowest BCUT2D eigenvalue weighted by molar-refractivity contribution is 0.646. The molecule has 0 aliphatic rings. The second-order valence-electron chi connectivity index (χ2n) is 2.25. The van der Waals surface area contributed by atoms with Crippen LogP contribution in [0.25, 0.3) is 0 Å². The average molecular weight is 149 g/mol. The van der Waals surface area contributed by atoms with Gasteiger partial charge in [-0.05, 0) is 18.7 Å². The van der Waals surface area contributed by atoms with Crippen LogP contribution in [-0.4, -0.2) is 11.5 Å². The van der Waals surface area contributed by atoms with Gasteiger partial charge in [0.2, 0.25) is 0 Å². The Morgan fingerprint density at radius 1 is 1.82 bits per heavy atom. The first kappa shape index (κ1) is 7.83. The van der Waals surface area contributed by atoms with E-state index in [-0.39, 0.29) is 6.04 Å². The predicted octanol–water partition coefficient (Wildman–Crippen LogP) is 1.19. The predicted molar refractivity (Wildman–Crippen MR) is 42.8 cm³/mol. The maximum atomic E-state index is 8.70. The minimum absolute atomic E-state index is 0.199. The lowest BCUT2D eigenvalue weighted by Crippen LogP contribution is -2.19. The SMILES string of the molecule is CCNC(C#N)c1ccc[nH]1. The monoisotopic (exact) mass is 149 g/mol. The first-order valence-corrected chi connectivity index (χ1v) is 3.64. The summed E-state index contributed by atoms with van der Waals surface area (Å²) in [5.41, 5.74) is 0.925. The minimum atomic E-state index is -0.199. The first-order valence-electron chi connectivity index (χ1n) is 3.64. The standard InChI is InChI=1S/C8H11N3/c1-2-10-8(6-9)7-4-3-5-11-7/h3-5,8,10-11H,2H2,1H3. The lowest BCUT2D eigenvalue weighted by Gasteiger charge is -2.06. The molecule has 0 saturated carbocycles. The van der Waals surface area contributed by atoms with E-state index in [0.29, 0.717) is 0 Å². The number of hydrogen-bond acceptors (Lipinski definition) is 2. The molecule has 11 heavy (non-hydrogen) atoms. The Kier molecular flexibility index (Phi) is 2.70. The smallest absolute Gasteiger partial charge is 0.136 e. The van der Waals surface area contributed by atoms with E-state index >= 15 is 0 Å². The van der Waals surface area contributed by atoms with Gasteiger partial charge in [-0.2, -0.15) is 5.26 Å². The van der Waals surface area contributed by atoms with E-state index in [9.17, 15) is 0 Å². The van der Waals surface area contributed by atoms with Gasteiger partial charge in [-0.1, -0.05) is 6.92 Å². The van der Waals surface area contributed by atoms with Crippen molar-refractivity contribution in [3.05, 3.63) is 24.0 Å². The normalized spacial score (nSPS) is 12.4. The van der Waals surface area contributed by atoms with E-state index in [1.807, 2.05) is 25.3 Å². The minimum Gasteiger partial charge on any atom is -0.363 e. The van der Waals surface area contributed by atoms with Crippen molar-refractivity contribution >= 4 is 0 Å². The maximum absolute atomic E-state index is 8.70. The Morgan fingerprint density at radius 3 is 3.09 bits per heavy atom. The molecule has 3 nitrogen and oxygen atoms in total. The van der Waals surface area contributed by atoms with Crippen LogP contribution in [0.5, 0.6) is 0 Å². The molecule has 2 N–H and O–H groups in total. The number of rotatable bonds is 3. The largest absolute Gasteiger partial charge is 0.363 e. The number of H-pyrrole nitrogens is 1. The van der Waals surface area contributed by atoms with E-state index in [2.05, 4.69) is 16.4 Å². The van der Waals surface area contributed by atoms with Gasteiger partial charge in [-0.25, -0.2) is 0 Å². The Balaban J connectivity index is 2.65. The van der Waals surface area contributed by atoms with Crippen molar-refractivity contribution in [2.45, 2.75) is 13.0 Å². The molecular weight excluding hydrogens is 138 g/mol. The maximum Gasteiger partial charge on any atom is 0.136 e. The van der Waals surface area contributed by atoms with Gasteiger partial charge in [0.05, 0.1) is 6.07 Å². The molecule has 0 aliphatic heterocycles. The Hall–Kier alpha value is -1.27. The summed E-state index contributed by atoms with van der Waals surface area (Å²) in [4.78, 5) is 2.99. The number of aromatic nitrogens is 1. The highest BCUT2D eigenvalue weighted by Crippen LogP contribution is 2.07. The molecule has 1 rings (SSSR count). The Morgan fingerprint density at radius 2 is 2.64 bits per heavy atom. The third-order valence-corrected chi connectivity index (χ3v) is 1.47. The second kappa shape index (κ2) is 3.79. The van der Waals surface area contributed by atoms with Crippen molar-refractivity contribution in [2.24, 2.45) is 0 Å². The highest BCUT2D eigenvalue weighted by molar-refractivity contribution is 5.15. The van der Waals surface area contributed by atoms with Crippen LogP contribution in [-0.2, 0) is 0 Å². The zero-order chi connectivity index (χ0) is 8.10. The topological polar surface area (TPSA) is 51.6 Å². The van der Waals surface area contributed by atoms with Gasteiger partial charge in [-0.15, -0.1) is 0 Å². The van der Waals surface area contributed by atoms with E-state index in [1.54, 1.807) is 0 Å². The van der Waals surface area contributed by atoms with E-state index in [4.69, 9.17) is 5.26 Å². The van der Waals surface area contributed by atoms with Gasteiger partial charge >= 0.3 is 0 Å². The molecule has 1 unspecified atom stereocenters. The molecular formula is C8H11N3. The molecule has 0 spiro atoms. The van der Waals surface area contributed by atoms with E-state index in [0.717, 1.165) is 12.2 Å². The van der Waals surface area contributed by atoms with Crippen LogP contribution >= 0.6 is 0 Å². The summed E-state index contributed by atoms with van der Waals surface area (Å²) in [7, 11) is 0. The number of aromatic amines is 1. The van der Waals surface area contributed by atoms with Crippen LogP contribution in [0.2, 0.25) is 0 Å². The second-order valence-corrected chi connectivity index (χ2v) is 2.25. The summed E-state index contributed by atoms with van der Waals surface area (Å²) in [5, 5.41) is 11.7. The molecule has 1 atom stereocenters. The van der Waals surface area contributed by atoms with Crippen molar-refractivity contribution < 1.29 is 0 Å². The van der Waals surface area contributed by atoms with Crippen LogP contribution in [0.4, 0.5) is 0 Å². The molecule has 0 aliphatic carbocycles. The first-order chi connectivity index (χ1) is 5.38. The fourth-order valence-electron chi connectivity index (χ4n) is 0.953. The molecule has 0 aromatic carbocycles. The Labute approximate surface area is 66.0 Å². The van der Waals surface area contributed by atoms with Gasteiger partial charge < -0.3 is 4.98 Å². The number of nitriles is 1. The van der Waals surface area contributed by atoms with Gasteiger partial charge in [0, 0.05) is 11.9 Å². The third-order valence-electron chi connectivity index (χ3n) is 1.47. The summed E-state index contributed by atoms with van der Waals surface area (Å²) in [6, 6.07) is 5.75. The van der Waals surface area contributed by atoms with Crippen molar-refractivity contribution in [3.8, 4) is 6.07 Å². The highest BCUT2D eigenvalue weighted by Gasteiger charge is 2.07. The summed E-state index contributed by atoms with van der Waals surface area (Å²) >= 11 is 0. The molecule has 0 saturated heterocycles. The molecule has 3 heteroatoms. The molecule has 0 fully saturated rings. The van der Waals surface area contributed by atoms with Gasteiger partial charge in [0.25, 0.3) is 0 Å². The lowest BCUT2D eigenvalue weighted by atomic mass is 10.2. The Bertz CT molecular complexity index is 232. The molecule has 1 heterocycles. The summed E-state index contributed by atoms with van der Waals surface area (Å²) in [6.07, 6.45) is 1.82. The van der Waals surface area contributed by atoms with E-state index < -0.39 is 0 Å². The van der Waals surface area contributed by atoms with Crippen molar-refractivity contribution in [1.29, 1.82) is 5.26 Å².